The molecule has 1 atom stereocenters. The highest BCUT2D eigenvalue weighted by atomic mass is 35.5. The second-order valence-corrected chi connectivity index (χ2v) is 5.78. The molecular formula is C14H17ClN4O3. The van der Waals surface area contributed by atoms with Crippen molar-refractivity contribution in [3.63, 3.8) is 0 Å². The molecule has 8 heteroatoms. The topological polar surface area (TPSA) is 85.3 Å². The van der Waals surface area contributed by atoms with E-state index in [1.54, 1.807) is 6.92 Å². The van der Waals surface area contributed by atoms with Gasteiger partial charge in [-0.05, 0) is 37.8 Å². The predicted molar refractivity (Wildman–Crippen MR) is 77.3 cm³/mol. The Labute approximate surface area is 132 Å². The highest BCUT2D eigenvalue weighted by Gasteiger charge is 2.33. The number of amides is 1. The molecule has 2 aromatic rings. The normalized spacial score (nSPS) is 18.1. The first-order valence-electron chi connectivity index (χ1n) is 7.26. The molecule has 1 aliphatic rings. The Morgan fingerprint density at radius 1 is 1.36 bits per heavy atom. The molecule has 3 rings (SSSR count). The molecule has 0 N–H and O–H groups in total. The Kier molecular flexibility index (Phi) is 4.15. The van der Waals surface area contributed by atoms with Gasteiger partial charge in [-0.3, -0.25) is 4.79 Å². The number of rotatable bonds is 4. The molecule has 22 heavy (non-hydrogen) atoms. The van der Waals surface area contributed by atoms with E-state index >= 15 is 0 Å². The fourth-order valence-electron chi connectivity index (χ4n) is 2.80. The Morgan fingerprint density at radius 2 is 2.18 bits per heavy atom. The van der Waals surface area contributed by atoms with Crippen molar-refractivity contribution in [1.82, 2.24) is 20.2 Å². The maximum atomic E-state index is 12.5. The fourth-order valence-corrected chi connectivity index (χ4v) is 3.07. The third kappa shape index (κ3) is 2.85. The van der Waals surface area contributed by atoms with Crippen LogP contribution in [0.1, 0.15) is 48.3 Å². The average Bonchev–Trinajstić information content (AvgIpc) is 3.18. The largest absolute Gasteiger partial charge is 0.344 e. The van der Waals surface area contributed by atoms with E-state index in [0.29, 0.717) is 31.1 Å². The van der Waals surface area contributed by atoms with Crippen LogP contribution >= 0.6 is 11.6 Å². The molecule has 7 nitrogen and oxygen atoms in total. The van der Waals surface area contributed by atoms with E-state index in [0.717, 1.165) is 24.1 Å². The van der Waals surface area contributed by atoms with Crippen molar-refractivity contribution in [3.05, 3.63) is 28.2 Å². The molecule has 0 saturated carbocycles. The monoisotopic (exact) mass is 324 g/mol. The second kappa shape index (κ2) is 6.08. The van der Waals surface area contributed by atoms with Crippen LogP contribution in [0.3, 0.4) is 0 Å². The number of carbonyl (C=O) groups is 1. The quantitative estimate of drug-likeness (QED) is 0.859. The Balaban J connectivity index is 1.66. The number of likely N-dealkylation sites (tertiary alicyclic amines) is 1. The van der Waals surface area contributed by atoms with Crippen LogP contribution in [0.25, 0.3) is 0 Å². The lowest BCUT2D eigenvalue weighted by atomic mass is 10.1. The van der Waals surface area contributed by atoms with Crippen molar-refractivity contribution in [3.8, 4) is 0 Å². The molecule has 1 amide bonds. The van der Waals surface area contributed by atoms with E-state index in [1.165, 1.54) is 0 Å². The van der Waals surface area contributed by atoms with Gasteiger partial charge in [0.2, 0.25) is 17.0 Å². The number of nitrogens with zero attached hydrogens (tertiary/aromatic N) is 4. The minimum atomic E-state index is -0.0935. The summed E-state index contributed by atoms with van der Waals surface area (Å²) in [7, 11) is 0. The number of aromatic nitrogens is 3. The summed E-state index contributed by atoms with van der Waals surface area (Å²) < 4.78 is 9.92. The molecular weight excluding hydrogens is 308 g/mol. The Hall–Kier alpha value is -1.89. The summed E-state index contributed by atoms with van der Waals surface area (Å²) in [5, 5.41) is 8.00. The number of hydrogen-bond acceptors (Lipinski definition) is 6. The molecule has 0 aromatic carbocycles. The first-order chi connectivity index (χ1) is 10.6. The summed E-state index contributed by atoms with van der Waals surface area (Å²) in [4.78, 5) is 18.6. The third-order valence-corrected chi connectivity index (χ3v) is 4.24. The van der Waals surface area contributed by atoms with Crippen LogP contribution in [0.2, 0.25) is 5.22 Å². The van der Waals surface area contributed by atoms with Gasteiger partial charge in [0.15, 0.2) is 5.82 Å². The smallest absolute Gasteiger partial charge is 0.229 e. The van der Waals surface area contributed by atoms with Gasteiger partial charge in [0.05, 0.1) is 11.7 Å². The lowest BCUT2D eigenvalue weighted by Gasteiger charge is -2.22. The standard InChI is InChI=1S/C14H17ClN4O3/c1-8-10(13(15)22-17-8)5-6-12(20)19-7-3-4-11(19)14-16-9(2)21-18-14/h11H,3-7H2,1-2H3. The van der Waals surface area contributed by atoms with Gasteiger partial charge in [0.25, 0.3) is 0 Å². The van der Waals surface area contributed by atoms with Gasteiger partial charge in [-0.1, -0.05) is 10.3 Å². The summed E-state index contributed by atoms with van der Waals surface area (Å²) in [6, 6.07) is -0.0935. The zero-order valence-electron chi connectivity index (χ0n) is 12.5. The maximum Gasteiger partial charge on any atom is 0.229 e. The molecule has 1 aliphatic heterocycles. The first-order valence-corrected chi connectivity index (χ1v) is 7.64. The molecule has 1 fully saturated rings. The van der Waals surface area contributed by atoms with Gasteiger partial charge in [0.1, 0.15) is 0 Å². The summed E-state index contributed by atoms with van der Waals surface area (Å²) in [5.74, 6) is 1.16. The maximum absolute atomic E-state index is 12.5. The van der Waals surface area contributed by atoms with Crippen LogP contribution in [0.15, 0.2) is 9.05 Å². The molecule has 0 spiro atoms. The minimum absolute atomic E-state index is 0.0571. The van der Waals surface area contributed by atoms with Crippen LogP contribution in [0.4, 0.5) is 0 Å². The van der Waals surface area contributed by atoms with Crippen molar-refractivity contribution in [2.24, 2.45) is 0 Å². The van der Waals surface area contributed by atoms with Crippen molar-refractivity contribution in [2.75, 3.05) is 6.54 Å². The van der Waals surface area contributed by atoms with Gasteiger partial charge < -0.3 is 13.9 Å². The SMILES string of the molecule is Cc1nc(C2CCCN2C(=O)CCc2c(C)noc2Cl)no1. The van der Waals surface area contributed by atoms with Crippen LogP contribution in [-0.4, -0.2) is 32.6 Å². The first kappa shape index (κ1) is 15.0. The predicted octanol–water partition coefficient (Wildman–Crippen LogP) is 2.62. The van der Waals surface area contributed by atoms with Crippen molar-refractivity contribution < 1.29 is 13.8 Å². The zero-order chi connectivity index (χ0) is 15.7. The fraction of sp³-hybridized carbons (Fsp3) is 0.571. The van der Waals surface area contributed by atoms with Crippen LogP contribution in [0.5, 0.6) is 0 Å². The van der Waals surface area contributed by atoms with Gasteiger partial charge in [0, 0.05) is 25.5 Å². The molecule has 1 unspecified atom stereocenters. The molecule has 0 bridgehead atoms. The molecule has 118 valence electrons. The number of aryl methyl sites for hydroxylation is 2. The molecule has 3 heterocycles. The number of hydrogen-bond donors (Lipinski definition) is 0. The average molecular weight is 325 g/mol. The minimum Gasteiger partial charge on any atom is -0.344 e. The van der Waals surface area contributed by atoms with E-state index in [4.69, 9.17) is 20.6 Å². The van der Waals surface area contributed by atoms with E-state index in [1.807, 2.05) is 11.8 Å². The Bertz CT molecular complexity index is 662. The van der Waals surface area contributed by atoms with Crippen LogP contribution in [0, 0.1) is 13.8 Å². The second-order valence-electron chi connectivity index (χ2n) is 5.44. The molecule has 0 radical (unpaired) electrons. The molecule has 0 aliphatic carbocycles. The molecule has 2 aromatic heterocycles. The lowest BCUT2D eigenvalue weighted by molar-refractivity contribution is -0.132. The number of halogens is 1. The van der Waals surface area contributed by atoms with Gasteiger partial charge >= 0.3 is 0 Å². The van der Waals surface area contributed by atoms with E-state index in [-0.39, 0.29) is 17.2 Å². The lowest BCUT2D eigenvalue weighted by Crippen LogP contribution is -2.31. The van der Waals surface area contributed by atoms with Gasteiger partial charge in [-0.2, -0.15) is 4.98 Å². The highest BCUT2D eigenvalue weighted by Crippen LogP contribution is 2.31. The van der Waals surface area contributed by atoms with Gasteiger partial charge in [-0.15, -0.1) is 0 Å². The van der Waals surface area contributed by atoms with E-state index in [2.05, 4.69) is 15.3 Å². The van der Waals surface area contributed by atoms with E-state index in [9.17, 15) is 4.79 Å². The Morgan fingerprint density at radius 3 is 2.82 bits per heavy atom. The highest BCUT2D eigenvalue weighted by molar-refractivity contribution is 6.29. The van der Waals surface area contributed by atoms with Crippen LogP contribution < -0.4 is 0 Å². The van der Waals surface area contributed by atoms with Crippen molar-refractivity contribution in [2.45, 2.75) is 45.6 Å². The summed E-state index contributed by atoms with van der Waals surface area (Å²) in [6.07, 6.45) is 2.67. The van der Waals surface area contributed by atoms with Gasteiger partial charge in [-0.25, -0.2) is 0 Å². The summed E-state index contributed by atoms with van der Waals surface area (Å²) in [6.45, 7) is 4.28. The van der Waals surface area contributed by atoms with Crippen LogP contribution in [-0.2, 0) is 11.2 Å². The van der Waals surface area contributed by atoms with Crippen molar-refractivity contribution >= 4 is 17.5 Å². The zero-order valence-corrected chi connectivity index (χ0v) is 13.3. The third-order valence-electron chi connectivity index (χ3n) is 3.94. The molecule has 1 saturated heterocycles. The van der Waals surface area contributed by atoms with Crippen molar-refractivity contribution in [1.29, 1.82) is 0 Å². The summed E-state index contributed by atoms with van der Waals surface area (Å²) in [5.41, 5.74) is 1.52. The van der Waals surface area contributed by atoms with E-state index < -0.39 is 0 Å². The summed E-state index contributed by atoms with van der Waals surface area (Å²) >= 11 is 5.93. The number of carbonyl (C=O) groups excluding carboxylic acids is 1.